The molecule has 24 heavy (non-hydrogen) atoms. The lowest BCUT2D eigenvalue weighted by Gasteiger charge is -2.22. The number of thiophene rings is 1. The Morgan fingerprint density at radius 3 is 2.50 bits per heavy atom. The highest BCUT2D eigenvalue weighted by molar-refractivity contribution is 7.17. The molecule has 0 unspecified atom stereocenters. The van der Waals surface area contributed by atoms with Gasteiger partial charge in [0.25, 0.3) is 0 Å². The number of nitrogen functional groups attached to an aromatic ring is 1. The Kier molecular flexibility index (Phi) is 5.24. The number of hydrogen-bond acceptors (Lipinski definition) is 4. The highest BCUT2D eigenvalue weighted by atomic mass is 32.1. The molecule has 0 aliphatic heterocycles. The maximum absolute atomic E-state index is 12.8. The first-order valence-corrected chi connectivity index (χ1v) is 9.61. The van der Waals surface area contributed by atoms with Gasteiger partial charge in [-0.3, -0.25) is 0 Å². The summed E-state index contributed by atoms with van der Waals surface area (Å²) in [6.07, 6.45) is 6.36. The summed E-state index contributed by atoms with van der Waals surface area (Å²) in [5.74, 6) is -0.258. The number of carbonyl (C=O) groups is 1. The monoisotopic (exact) mass is 343 g/mol. The zero-order valence-electron chi connectivity index (χ0n) is 14.4. The Labute approximate surface area is 147 Å². The van der Waals surface area contributed by atoms with E-state index in [0.29, 0.717) is 10.6 Å². The third kappa shape index (κ3) is 3.48. The van der Waals surface area contributed by atoms with E-state index in [1.165, 1.54) is 23.3 Å². The Bertz CT molecular complexity index is 712. The molecule has 3 nitrogen and oxygen atoms in total. The van der Waals surface area contributed by atoms with Crippen molar-refractivity contribution >= 4 is 22.3 Å². The SMILES string of the molecule is CCc1sc(N)c(C(=O)OC2CCCCC2)c1-c1ccc(C)cc1. The second-order valence-electron chi connectivity index (χ2n) is 6.52. The number of nitrogens with two attached hydrogens (primary N) is 1. The fraction of sp³-hybridized carbons (Fsp3) is 0.450. The highest BCUT2D eigenvalue weighted by Crippen LogP contribution is 2.40. The van der Waals surface area contributed by atoms with Gasteiger partial charge in [0.1, 0.15) is 16.7 Å². The van der Waals surface area contributed by atoms with E-state index >= 15 is 0 Å². The molecule has 128 valence electrons. The van der Waals surface area contributed by atoms with E-state index in [0.717, 1.165) is 48.1 Å². The molecule has 0 atom stereocenters. The summed E-state index contributed by atoms with van der Waals surface area (Å²) < 4.78 is 5.79. The van der Waals surface area contributed by atoms with Gasteiger partial charge in [0.15, 0.2) is 0 Å². The van der Waals surface area contributed by atoms with Gasteiger partial charge in [0.2, 0.25) is 0 Å². The molecule has 2 N–H and O–H groups in total. The molecule has 1 aromatic carbocycles. The van der Waals surface area contributed by atoms with Gasteiger partial charge in [-0.1, -0.05) is 43.2 Å². The number of ether oxygens (including phenoxy) is 1. The van der Waals surface area contributed by atoms with Gasteiger partial charge in [0.05, 0.1) is 0 Å². The molecular formula is C20H25NO2S. The van der Waals surface area contributed by atoms with E-state index in [4.69, 9.17) is 10.5 Å². The van der Waals surface area contributed by atoms with Crippen molar-refractivity contribution < 1.29 is 9.53 Å². The van der Waals surface area contributed by atoms with E-state index in [1.807, 2.05) is 0 Å². The molecule has 0 saturated heterocycles. The smallest absolute Gasteiger partial charge is 0.342 e. The normalized spacial score (nSPS) is 15.4. The van der Waals surface area contributed by atoms with Crippen molar-refractivity contribution in [1.82, 2.24) is 0 Å². The van der Waals surface area contributed by atoms with Crippen LogP contribution < -0.4 is 5.73 Å². The molecule has 3 rings (SSSR count). The Morgan fingerprint density at radius 2 is 1.88 bits per heavy atom. The topological polar surface area (TPSA) is 52.3 Å². The maximum atomic E-state index is 12.8. The fourth-order valence-corrected chi connectivity index (χ4v) is 4.39. The number of anilines is 1. The van der Waals surface area contributed by atoms with Crippen LogP contribution in [0.3, 0.4) is 0 Å². The lowest BCUT2D eigenvalue weighted by molar-refractivity contribution is 0.0213. The fourth-order valence-electron chi connectivity index (χ4n) is 3.37. The molecule has 1 aliphatic carbocycles. The number of rotatable bonds is 4. The van der Waals surface area contributed by atoms with Crippen molar-refractivity contribution in [2.45, 2.75) is 58.5 Å². The highest BCUT2D eigenvalue weighted by Gasteiger charge is 2.26. The molecule has 1 aromatic heterocycles. The van der Waals surface area contributed by atoms with Gasteiger partial charge in [-0.15, -0.1) is 11.3 Å². The first-order chi connectivity index (χ1) is 11.6. The number of carbonyl (C=O) groups excluding carboxylic acids is 1. The molecule has 1 heterocycles. The maximum Gasteiger partial charge on any atom is 0.342 e. The number of aryl methyl sites for hydroxylation is 2. The molecule has 0 spiro atoms. The van der Waals surface area contributed by atoms with Crippen LogP contribution in [0.4, 0.5) is 5.00 Å². The van der Waals surface area contributed by atoms with E-state index in [9.17, 15) is 4.79 Å². The van der Waals surface area contributed by atoms with Crippen LogP contribution in [0, 0.1) is 6.92 Å². The average molecular weight is 343 g/mol. The van der Waals surface area contributed by atoms with Crippen molar-refractivity contribution in [3.63, 3.8) is 0 Å². The minimum Gasteiger partial charge on any atom is -0.459 e. The van der Waals surface area contributed by atoms with Gasteiger partial charge in [-0.25, -0.2) is 4.79 Å². The van der Waals surface area contributed by atoms with Gasteiger partial charge in [0, 0.05) is 10.4 Å². The summed E-state index contributed by atoms with van der Waals surface area (Å²) in [7, 11) is 0. The lowest BCUT2D eigenvalue weighted by atomic mass is 9.97. The molecule has 1 aliphatic rings. The quantitative estimate of drug-likeness (QED) is 0.761. The van der Waals surface area contributed by atoms with Crippen molar-refractivity contribution in [2.75, 3.05) is 5.73 Å². The van der Waals surface area contributed by atoms with E-state index in [-0.39, 0.29) is 12.1 Å². The zero-order valence-corrected chi connectivity index (χ0v) is 15.2. The lowest BCUT2D eigenvalue weighted by Crippen LogP contribution is -2.21. The largest absolute Gasteiger partial charge is 0.459 e. The third-order valence-corrected chi connectivity index (χ3v) is 5.86. The number of esters is 1. The van der Waals surface area contributed by atoms with Crippen molar-refractivity contribution in [3.8, 4) is 11.1 Å². The molecule has 1 saturated carbocycles. The average Bonchev–Trinajstić information content (AvgIpc) is 2.93. The Hall–Kier alpha value is -1.81. The van der Waals surface area contributed by atoms with Crippen LogP contribution in [0.25, 0.3) is 11.1 Å². The summed E-state index contributed by atoms with van der Waals surface area (Å²) in [5.41, 5.74) is 9.97. The molecule has 4 heteroatoms. The number of benzene rings is 1. The Morgan fingerprint density at radius 1 is 1.21 bits per heavy atom. The van der Waals surface area contributed by atoms with Gasteiger partial charge >= 0.3 is 5.97 Å². The Balaban J connectivity index is 1.95. The summed E-state index contributed by atoms with van der Waals surface area (Å²) in [4.78, 5) is 14.0. The van der Waals surface area contributed by atoms with Crippen molar-refractivity contribution in [3.05, 3.63) is 40.3 Å². The van der Waals surface area contributed by atoms with E-state index in [1.54, 1.807) is 0 Å². The summed E-state index contributed by atoms with van der Waals surface area (Å²) in [5, 5.41) is 0.572. The molecule has 1 fully saturated rings. The first kappa shape index (κ1) is 17.0. The summed E-state index contributed by atoms with van der Waals surface area (Å²) in [6, 6.07) is 8.26. The standard InChI is InChI=1S/C20H25NO2S/c1-3-16-17(14-11-9-13(2)10-12-14)18(19(21)24-16)20(22)23-15-7-5-4-6-8-15/h9-12,15H,3-8,21H2,1-2H3. The van der Waals surface area contributed by atoms with Gasteiger partial charge < -0.3 is 10.5 Å². The molecule has 2 aromatic rings. The molecule has 0 amide bonds. The molecular weight excluding hydrogens is 318 g/mol. The second-order valence-corrected chi connectivity index (χ2v) is 7.66. The molecule has 0 radical (unpaired) electrons. The van der Waals surface area contributed by atoms with E-state index < -0.39 is 0 Å². The summed E-state index contributed by atoms with van der Waals surface area (Å²) in [6.45, 7) is 4.16. The third-order valence-electron chi connectivity index (χ3n) is 4.70. The first-order valence-electron chi connectivity index (χ1n) is 8.79. The predicted molar refractivity (Wildman–Crippen MR) is 101 cm³/mol. The van der Waals surface area contributed by atoms with Crippen molar-refractivity contribution in [1.29, 1.82) is 0 Å². The predicted octanol–water partition coefficient (Wildman–Crippen LogP) is 5.36. The minimum atomic E-state index is -0.258. The van der Waals surface area contributed by atoms with Crippen LogP contribution in [0.5, 0.6) is 0 Å². The van der Waals surface area contributed by atoms with Crippen LogP contribution in [0.2, 0.25) is 0 Å². The van der Waals surface area contributed by atoms with Crippen molar-refractivity contribution in [2.24, 2.45) is 0 Å². The van der Waals surface area contributed by atoms with Crippen LogP contribution >= 0.6 is 11.3 Å². The van der Waals surface area contributed by atoms with Crippen LogP contribution in [-0.2, 0) is 11.2 Å². The minimum absolute atomic E-state index is 0.0431. The van der Waals surface area contributed by atoms with Crippen LogP contribution in [0.15, 0.2) is 24.3 Å². The van der Waals surface area contributed by atoms with Gasteiger partial charge in [-0.05, 0) is 44.6 Å². The second kappa shape index (κ2) is 7.39. The molecule has 0 bridgehead atoms. The summed E-state index contributed by atoms with van der Waals surface area (Å²) >= 11 is 1.51. The zero-order chi connectivity index (χ0) is 17.1. The number of hydrogen-bond donors (Lipinski definition) is 1. The van der Waals surface area contributed by atoms with Crippen LogP contribution in [-0.4, -0.2) is 12.1 Å². The van der Waals surface area contributed by atoms with E-state index in [2.05, 4.69) is 38.1 Å². The van der Waals surface area contributed by atoms with Gasteiger partial charge in [-0.2, -0.15) is 0 Å². The van der Waals surface area contributed by atoms with Crippen LogP contribution in [0.1, 0.15) is 59.8 Å².